The molecule has 0 amide bonds. The van der Waals surface area contributed by atoms with Crippen LogP contribution in [0.4, 0.5) is 0 Å². The minimum atomic E-state index is -0.842. The first-order valence-electron chi connectivity index (χ1n) is 3.75. The minimum absolute atomic E-state index is 0.0228. The van der Waals surface area contributed by atoms with Crippen molar-refractivity contribution in [2.24, 2.45) is 0 Å². The van der Waals surface area contributed by atoms with Crippen LogP contribution in [0, 0.1) is 5.41 Å². The van der Waals surface area contributed by atoms with Gasteiger partial charge >= 0.3 is 5.97 Å². The van der Waals surface area contributed by atoms with Crippen molar-refractivity contribution in [3.05, 3.63) is 23.8 Å². The van der Waals surface area contributed by atoms with Crippen molar-refractivity contribution >= 4 is 11.7 Å². The van der Waals surface area contributed by atoms with Gasteiger partial charge in [-0.25, -0.2) is 4.79 Å². The molecule has 0 heterocycles. The van der Waals surface area contributed by atoms with Gasteiger partial charge < -0.3 is 14.9 Å². The molecule has 0 aliphatic heterocycles. The standard InChI is InChI=1S/C9H9NO4/c1-14-9(13)8(10)6-3-2-5(11)4-7(6)12/h2-4,10-12H,1H3. The van der Waals surface area contributed by atoms with Crippen molar-refractivity contribution in [1.82, 2.24) is 0 Å². The van der Waals surface area contributed by atoms with Gasteiger partial charge in [0.05, 0.1) is 7.11 Å². The van der Waals surface area contributed by atoms with Crippen LogP contribution in [0.3, 0.4) is 0 Å². The molecule has 0 saturated carbocycles. The highest BCUT2D eigenvalue weighted by Gasteiger charge is 2.15. The Morgan fingerprint density at radius 2 is 2.07 bits per heavy atom. The van der Waals surface area contributed by atoms with Crippen molar-refractivity contribution in [2.45, 2.75) is 0 Å². The maximum atomic E-state index is 10.9. The van der Waals surface area contributed by atoms with Crippen LogP contribution in [0.1, 0.15) is 5.56 Å². The Bertz CT molecular complexity index is 386. The summed E-state index contributed by atoms with van der Waals surface area (Å²) in [6, 6.07) is 3.59. The Kier molecular flexibility index (Phi) is 2.71. The summed E-state index contributed by atoms with van der Waals surface area (Å²) in [7, 11) is 1.15. The predicted octanol–water partition coefficient (Wildman–Crippen LogP) is 0.639. The third kappa shape index (κ3) is 1.82. The number of esters is 1. The maximum absolute atomic E-state index is 10.9. The number of rotatable bonds is 2. The molecule has 0 atom stereocenters. The first kappa shape index (κ1) is 10.0. The highest BCUT2D eigenvalue weighted by Crippen LogP contribution is 2.22. The second-order valence-electron chi connectivity index (χ2n) is 2.57. The summed E-state index contributed by atoms with van der Waals surface area (Å²) in [4.78, 5) is 10.9. The van der Waals surface area contributed by atoms with Gasteiger partial charge in [-0.3, -0.25) is 5.41 Å². The fourth-order valence-corrected chi connectivity index (χ4v) is 0.943. The largest absolute Gasteiger partial charge is 0.508 e. The maximum Gasteiger partial charge on any atom is 0.356 e. The lowest BCUT2D eigenvalue weighted by Gasteiger charge is -2.04. The van der Waals surface area contributed by atoms with Gasteiger partial charge in [0, 0.05) is 11.6 Å². The summed E-state index contributed by atoms with van der Waals surface area (Å²) in [5.41, 5.74) is -0.431. The van der Waals surface area contributed by atoms with E-state index in [1.54, 1.807) is 0 Å². The van der Waals surface area contributed by atoms with E-state index in [0.717, 1.165) is 13.2 Å². The normalized spacial score (nSPS) is 9.50. The second kappa shape index (κ2) is 3.78. The number of carbonyl (C=O) groups is 1. The lowest BCUT2D eigenvalue weighted by Crippen LogP contribution is -2.15. The van der Waals surface area contributed by atoms with E-state index < -0.39 is 11.7 Å². The third-order valence-corrected chi connectivity index (χ3v) is 1.64. The van der Waals surface area contributed by atoms with Crippen LogP contribution in [0.25, 0.3) is 0 Å². The molecule has 1 aromatic rings. The minimum Gasteiger partial charge on any atom is -0.508 e. The summed E-state index contributed by atoms with van der Waals surface area (Å²) in [5, 5.41) is 25.6. The summed E-state index contributed by atoms with van der Waals surface area (Å²) in [5.74, 6) is -1.31. The van der Waals surface area contributed by atoms with Crippen molar-refractivity contribution in [3.8, 4) is 11.5 Å². The third-order valence-electron chi connectivity index (χ3n) is 1.64. The van der Waals surface area contributed by atoms with E-state index in [1.165, 1.54) is 12.1 Å². The van der Waals surface area contributed by atoms with Gasteiger partial charge in [-0.05, 0) is 12.1 Å². The summed E-state index contributed by atoms with van der Waals surface area (Å²) in [6.07, 6.45) is 0. The first-order valence-corrected chi connectivity index (χ1v) is 3.75. The predicted molar refractivity (Wildman–Crippen MR) is 48.6 cm³/mol. The van der Waals surface area contributed by atoms with Crippen LogP contribution in [0.5, 0.6) is 11.5 Å². The monoisotopic (exact) mass is 195 g/mol. The van der Waals surface area contributed by atoms with Gasteiger partial charge in [0.2, 0.25) is 0 Å². The summed E-state index contributed by atoms with van der Waals surface area (Å²) < 4.78 is 4.31. The number of phenolic OH excluding ortho intramolecular Hbond substituents is 2. The number of carbonyl (C=O) groups excluding carboxylic acids is 1. The second-order valence-corrected chi connectivity index (χ2v) is 2.57. The molecule has 14 heavy (non-hydrogen) atoms. The molecule has 0 aliphatic carbocycles. The van der Waals surface area contributed by atoms with E-state index in [2.05, 4.69) is 4.74 Å². The Labute approximate surface area is 80.1 Å². The number of benzene rings is 1. The molecule has 0 aliphatic rings. The van der Waals surface area contributed by atoms with Crippen LogP contribution >= 0.6 is 0 Å². The summed E-state index contributed by atoms with van der Waals surface area (Å²) >= 11 is 0. The van der Waals surface area contributed by atoms with Gasteiger partial charge in [0.15, 0.2) is 5.71 Å². The average Bonchev–Trinajstić information content (AvgIpc) is 2.15. The Hall–Kier alpha value is -2.04. The highest BCUT2D eigenvalue weighted by molar-refractivity contribution is 6.42. The Morgan fingerprint density at radius 1 is 1.43 bits per heavy atom. The number of methoxy groups -OCH3 is 1. The molecule has 0 saturated heterocycles. The topological polar surface area (TPSA) is 90.6 Å². The van der Waals surface area contributed by atoms with Crippen LogP contribution in [0.15, 0.2) is 18.2 Å². The zero-order valence-electron chi connectivity index (χ0n) is 7.44. The number of aromatic hydroxyl groups is 2. The Morgan fingerprint density at radius 3 is 2.57 bits per heavy atom. The molecule has 0 spiro atoms. The van der Waals surface area contributed by atoms with E-state index in [0.29, 0.717) is 0 Å². The van der Waals surface area contributed by atoms with E-state index >= 15 is 0 Å². The van der Waals surface area contributed by atoms with Crippen LogP contribution < -0.4 is 0 Å². The molecule has 0 unspecified atom stereocenters. The SMILES string of the molecule is COC(=O)C(=N)c1ccc(O)cc1O. The average molecular weight is 195 g/mol. The Balaban J connectivity index is 3.08. The molecular formula is C9H9NO4. The fraction of sp³-hybridized carbons (Fsp3) is 0.111. The number of hydrogen-bond acceptors (Lipinski definition) is 5. The van der Waals surface area contributed by atoms with Crippen molar-refractivity contribution < 1.29 is 19.7 Å². The molecular weight excluding hydrogens is 186 g/mol. The summed E-state index contributed by atoms with van der Waals surface area (Å²) in [6.45, 7) is 0. The number of nitrogens with one attached hydrogen (secondary N) is 1. The lowest BCUT2D eigenvalue weighted by molar-refractivity contribution is -0.132. The van der Waals surface area contributed by atoms with Gasteiger partial charge in [-0.2, -0.15) is 0 Å². The molecule has 0 aromatic heterocycles. The van der Waals surface area contributed by atoms with E-state index in [-0.39, 0.29) is 17.1 Å². The molecule has 5 nitrogen and oxygen atoms in total. The van der Waals surface area contributed by atoms with Crippen molar-refractivity contribution in [2.75, 3.05) is 7.11 Å². The molecule has 0 fully saturated rings. The smallest absolute Gasteiger partial charge is 0.356 e. The molecule has 5 heteroatoms. The van der Waals surface area contributed by atoms with Crippen LogP contribution in [-0.2, 0) is 9.53 Å². The van der Waals surface area contributed by atoms with Gasteiger partial charge in [-0.1, -0.05) is 0 Å². The zero-order chi connectivity index (χ0) is 10.7. The fourth-order valence-electron chi connectivity index (χ4n) is 0.943. The quantitative estimate of drug-likeness (QED) is 0.477. The molecule has 0 radical (unpaired) electrons. The molecule has 1 aromatic carbocycles. The lowest BCUT2D eigenvalue weighted by atomic mass is 10.1. The van der Waals surface area contributed by atoms with Crippen LogP contribution in [-0.4, -0.2) is 29.0 Å². The van der Waals surface area contributed by atoms with Gasteiger partial charge in [0.1, 0.15) is 11.5 Å². The van der Waals surface area contributed by atoms with Crippen molar-refractivity contribution in [1.29, 1.82) is 5.41 Å². The first-order chi connectivity index (χ1) is 6.56. The number of ether oxygens (including phenoxy) is 1. The number of hydrogen-bond donors (Lipinski definition) is 3. The van der Waals surface area contributed by atoms with E-state index in [4.69, 9.17) is 10.5 Å². The zero-order valence-corrected chi connectivity index (χ0v) is 7.44. The van der Waals surface area contributed by atoms with Gasteiger partial charge in [0.25, 0.3) is 0 Å². The van der Waals surface area contributed by atoms with E-state index in [9.17, 15) is 9.90 Å². The van der Waals surface area contributed by atoms with Gasteiger partial charge in [-0.15, -0.1) is 0 Å². The molecule has 74 valence electrons. The van der Waals surface area contributed by atoms with Crippen LogP contribution in [0.2, 0.25) is 0 Å². The molecule has 0 bridgehead atoms. The molecule has 1 rings (SSSR count). The van der Waals surface area contributed by atoms with E-state index in [1.807, 2.05) is 0 Å². The van der Waals surface area contributed by atoms with Crippen molar-refractivity contribution in [3.63, 3.8) is 0 Å². The number of phenols is 2. The highest BCUT2D eigenvalue weighted by atomic mass is 16.5. The molecule has 3 N–H and O–H groups in total.